The number of aliphatic carboxylic acids is 1. The van der Waals surface area contributed by atoms with Crippen LogP contribution in [0.1, 0.15) is 25.8 Å². The van der Waals surface area contributed by atoms with E-state index in [0.717, 1.165) is 12.0 Å². The quantitative estimate of drug-likeness (QED) is 0.761. The van der Waals surface area contributed by atoms with Crippen molar-refractivity contribution in [3.8, 4) is 0 Å². The van der Waals surface area contributed by atoms with E-state index in [9.17, 15) is 9.59 Å². The lowest BCUT2D eigenvalue weighted by atomic mass is 10.0. The molecule has 1 rings (SSSR count). The summed E-state index contributed by atoms with van der Waals surface area (Å²) in [5.74, 6) is -1.67. The summed E-state index contributed by atoms with van der Waals surface area (Å²) in [6, 6.07) is 9.26. The molecular weight excluding hydrogens is 268 g/mol. The van der Waals surface area contributed by atoms with Crippen LogP contribution in [0.4, 0.5) is 0 Å². The molecule has 0 spiro atoms. The maximum atomic E-state index is 12.3. The third kappa shape index (κ3) is 5.55. The predicted molar refractivity (Wildman–Crippen MR) is 81.8 cm³/mol. The van der Waals surface area contributed by atoms with Crippen molar-refractivity contribution in [1.29, 1.82) is 0 Å². The van der Waals surface area contributed by atoms with Gasteiger partial charge in [-0.1, -0.05) is 37.3 Å². The number of hydrogen-bond donors (Lipinski definition) is 2. The maximum Gasteiger partial charge on any atom is 0.308 e. The average molecular weight is 292 g/mol. The minimum atomic E-state index is -0.904. The summed E-state index contributed by atoms with van der Waals surface area (Å²) in [7, 11) is 0. The van der Waals surface area contributed by atoms with Crippen molar-refractivity contribution < 1.29 is 14.7 Å². The molecule has 0 heterocycles. The van der Waals surface area contributed by atoms with Gasteiger partial charge in [0, 0.05) is 13.1 Å². The van der Waals surface area contributed by atoms with Crippen molar-refractivity contribution >= 4 is 11.9 Å². The monoisotopic (exact) mass is 292 g/mol. The Kier molecular flexibility index (Phi) is 6.88. The minimum absolute atomic E-state index is 0.179. The van der Waals surface area contributed by atoms with Gasteiger partial charge in [-0.25, -0.2) is 0 Å². The first-order valence-corrected chi connectivity index (χ1v) is 7.26. The molecule has 0 aliphatic heterocycles. The zero-order valence-corrected chi connectivity index (χ0v) is 12.7. The molecule has 0 aromatic heterocycles. The second-order valence-electron chi connectivity index (χ2n) is 5.25. The van der Waals surface area contributed by atoms with Crippen LogP contribution in [-0.2, 0) is 16.0 Å². The molecule has 0 bridgehead atoms. The van der Waals surface area contributed by atoms with Gasteiger partial charge in [-0.05, 0) is 25.3 Å². The first kappa shape index (κ1) is 17.2. The molecule has 0 radical (unpaired) electrons. The highest BCUT2D eigenvalue weighted by atomic mass is 16.4. The van der Waals surface area contributed by atoms with Crippen LogP contribution in [-0.4, -0.2) is 41.0 Å². The van der Waals surface area contributed by atoms with Crippen LogP contribution >= 0.6 is 0 Å². The molecule has 1 unspecified atom stereocenters. The van der Waals surface area contributed by atoms with Gasteiger partial charge in [0.25, 0.3) is 0 Å². The van der Waals surface area contributed by atoms with E-state index >= 15 is 0 Å². The molecular formula is C16H24N2O3. The number of aryl methyl sites for hydroxylation is 1. The van der Waals surface area contributed by atoms with E-state index in [0.29, 0.717) is 13.0 Å². The molecule has 21 heavy (non-hydrogen) atoms. The van der Waals surface area contributed by atoms with Gasteiger partial charge < -0.3 is 15.7 Å². The molecule has 0 aliphatic carbocycles. The summed E-state index contributed by atoms with van der Waals surface area (Å²) >= 11 is 0. The van der Waals surface area contributed by atoms with Crippen LogP contribution in [0.3, 0.4) is 0 Å². The Morgan fingerprint density at radius 3 is 2.43 bits per heavy atom. The number of carboxylic acid groups (broad SMARTS) is 1. The molecule has 1 amide bonds. The SMILES string of the molecule is CCN(CC(C)C(=O)O)C(=O)[C@@H](N)CCc1ccccc1. The highest BCUT2D eigenvalue weighted by Gasteiger charge is 2.23. The minimum Gasteiger partial charge on any atom is -0.481 e. The molecule has 116 valence electrons. The summed E-state index contributed by atoms with van der Waals surface area (Å²) in [6.45, 7) is 4.09. The summed E-state index contributed by atoms with van der Waals surface area (Å²) in [5.41, 5.74) is 7.10. The zero-order valence-electron chi connectivity index (χ0n) is 12.7. The number of carboxylic acids is 1. The Balaban J connectivity index is 2.52. The smallest absolute Gasteiger partial charge is 0.308 e. The number of carbonyl (C=O) groups is 2. The lowest BCUT2D eigenvalue weighted by Crippen LogP contribution is -2.46. The fourth-order valence-electron chi connectivity index (χ4n) is 2.11. The van der Waals surface area contributed by atoms with Crippen molar-refractivity contribution in [2.45, 2.75) is 32.7 Å². The second-order valence-corrected chi connectivity index (χ2v) is 5.25. The fourth-order valence-corrected chi connectivity index (χ4v) is 2.11. The molecule has 1 aromatic carbocycles. The third-order valence-corrected chi connectivity index (χ3v) is 3.51. The van der Waals surface area contributed by atoms with Gasteiger partial charge in [0.2, 0.25) is 5.91 Å². The summed E-state index contributed by atoms with van der Waals surface area (Å²) < 4.78 is 0. The van der Waals surface area contributed by atoms with Gasteiger partial charge in [-0.2, -0.15) is 0 Å². The largest absolute Gasteiger partial charge is 0.481 e. The molecule has 5 nitrogen and oxygen atoms in total. The highest BCUT2D eigenvalue weighted by Crippen LogP contribution is 2.08. The topological polar surface area (TPSA) is 83.6 Å². The van der Waals surface area contributed by atoms with Crippen LogP contribution in [0.15, 0.2) is 30.3 Å². The van der Waals surface area contributed by atoms with E-state index < -0.39 is 17.9 Å². The molecule has 3 N–H and O–H groups in total. The van der Waals surface area contributed by atoms with Gasteiger partial charge in [-0.3, -0.25) is 9.59 Å². The Hall–Kier alpha value is -1.88. The van der Waals surface area contributed by atoms with Gasteiger partial charge in [0.05, 0.1) is 12.0 Å². The molecule has 0 saturated heterocycles. The van der Waals surface area contributed by atoms with E-state index in [4.69, 9.17) is 10.8 Å². The van der Waals surface area contributed by atoms with Crippen molar-refractivity contribution in [3.63, 3.8) is 0 Å². The first-order valence-electron chi connectivity index (χ1n) is 7.26. The van der Waals surface area contributed by atoms with Crippen molar-refractivity contribution in [2.75, 3.05) is 13.1 Å². The van der Waals surface area contributed by atoms with Gasteiger partial charge in [-0.15, -0.1) is 0 Å². The molecule has 1 aromatic rings. The van der Waals surface area contributed by atoms with Crippen LogP contribution in [0.2, 0.25) is 0 Å². The van der Waals surface area contributed by atoms with E-state index in [1.807, 2.05) is 37.3 Å². The van der Waals surface area contributed by atoms with Crippen LogP contribution in [0.5, 0.6) is 0 Å². The Morgan fingerprint density at radius 2 is 1.90 bits per heavy atom. The van der Waals surface area contributed by atoms with Crippen LogP contribution < -0.4 is 5.73 Å². The highest BCUT2D eigenvalue weighted by molar-refractivity contribution is 5.82. The van der Waals surface area contributed by atoms with E-state index in [1.165, 1.54) is 4.90 Å². The van der Waals surface area contributed by atoms with Crippen molar-refractivity contribution in [1.82, 2.24) is 4.90 Å². The average Bonchev–Trinajstić information content (AvgIpc) is 2.50. The first-order chi connectivity index (χ1) is 9.95. The van der Waals surface area contributed by atoms with Crippen LogP contribution in [0.25, 0.3) is 0 Å². The Labute approximate surface area is 125 Å². The molecule has 5 heteroatoms. The Morgan fingerprint density at radius 1 is 1.29 bits per heavy atom. The van der Waals surface area contributed by atoms with Crippen molar-refractivity contribution in [3.05, 3.63) is 35.9 Å². The predicted octanol–water partition coefficient (Wildman–Crippen LogP) is 1.52. The summed E-state index contributed by atoms with van der Waals surface area (Å²) in [5, 5.41) is 8.93. The number of amides is 1. The second kappa shape index (κ2) is 8.42. The van der Waals surface area contributed by atoms with E-state index in [2.05, 4.69) is 0 Å². The zero-order chi connectivity index (χ0) is 15.8. The molecule has 0 aliphatic rings. The maximum absolute atomic E-state index is 12.3. The lowest BCUT2D eigenvalue weighted by molar-refractivity contribution is -0.143. The standard InChI is InChI=1S/C16H24N2O3/c1-3-18(11-12(2)16(20)21)15(19)14(17)10-9-13-7-5-4-6-8-13/h4-8,12,14H,3,9-11,17H2,1-2H3,(H,20,21)/t12?,14-/m0/s1. The number of hydrogen-bond acceptors (Lipinski definition) is 3. The fraction of sp³-hybridized carbons (Fsp3) is 0.500. The summed E-state index contributed by atoms with van der Waals surface area (Å²) in [4.78, 5) is 24.7. The Bertz CT molecular complexity index is 462. The van der Waals surface area contributed by atoms with Gasteiger partial charge >= 0.3 is 5.97 Å². The van der Waals surface area contributed by atoms with E-state index in [1.54, 1.807) is 6.92 Å². The number of nitrogens with zero attached hydrogens (tertiary/aromatic N) is 1. The van der Waals surface area contributed by atoms with Gasteiger partial charge in [0.15, 0.2) is 0 Å². The van der Waals surface area contributed by atoms with Crippen molar-refractivity contribution in [2.24, 2.45) is 11.7 Å². The van der Waals surface area contributed by atoms with E-state index in [-0.39, 0.29) is 12.5 Å². The summed E-state index contributed by atoms with van der Waals surface area (Å²) in [6.07, 6.45) is 1.29. The molecule has 2 atom stereocenters. The number of likely N-dealkylation sites (N-methyl/N-ethyl adjacent to an activating group) is 1. The lowest BCUT2D eigenvalue weighted by Gasteiger charge is -2.26. The number of carbonyl (C=O) groups excluding carboxylic acids is 1. The number of benzene rings is 1. The third-order valence-electron chi connectivity index (χ3n) is 3.51. The van der Waals surface area contributed by atoms with Crippen LogP contribution in [0, 0.1) is 5.92 Å². The normalized spacial score (nSPS) is 13.5. The number of rotatable bonds is 8. The molecule has 0 saturated carbocycles. The number of nitrogens with two attached hydrogens (primary N) is 1. The molecule has 0 fully saturated rings. The van der Waals surface area contributed by atoms with Gasteiger partial charge in [0.1, 0.15) is 0 Å².